The smallest absolute Gasteiger partial charge is 0.246 e. The second-order valence-corrected chi connectivity index (χ2v) is 5.40. The molecule has 0 radical (unpaired) electrons. The molecule has 4 nitrogen and oxygen atoms in total. The number of benzene rings is 1. The minimum atomic E-state index is -0.344. The van der Waals surface area contributed by atoms with E-state index in [4.69, 9.17) is 0 Å². The molecule has 1 aromatic carbocycles. The van der Waals surface area contributed by atoms with Gasteiger partial charge in [-0.2, -0.15) is 0 Å². The molecule has 0 aromatic heterocycles. The Bertz CT molecular complexity index is 497. The summed E-state index contributed by atoms with van der Waals surface area (Å²) in [5.74, 6) is -0.404. The standard InChI is InChI=1S/C14H18FN3O/c1-18-6-4-10(5-7-18)16-13-11-3-2-9(15)8-12(11)17-14(13)19/h2-3,8,10,13,16H,4-7H2,1H3,(H,17,19). The molecule has 3 rings (SSSR count). The molecule has 1 amide bonds. The maximum Gasteiger partial charge on any atom is 0.246 e. The highest BCUT2D eigenvalue weighted by Gasteiger charge is 2.32. The largest absolute Gasteiger partial charge is 0.324 e. The number of anilines is 1. The zero-order valence-electron chi connectivity index (χ0n) is 10.9. The van der Waals surface area contributed by atoms with Crippen LogP contribution in [0.25, 0.3) is 0 Å². The van der Waals surface area contributed by atoms with Crippen LogP contribution >= 0.6 is 0 Å². The van der Waals surface area contributed by atoms with Crippen LogP contribution < -0.4 is 10.6 Å². The Kier molecular flexibility index (Phi) is 3.24. The van der Waals surface area contributed by atoms with Crippen molar-refractivity contribution in [3.8, 4) is 0 Å². The van der Waals surface area contributed by atoms with E-state index in [-0.39, 0.29) is 17.8 Å². The molecule has 1 atom stereocenters. The van der Waals surface area contributed by atoms with Gasteiger partial charge in [-0.15, -0.1) is 0 Å². The van der Waals surface area contributed by atoms with Crippen LogP contribution in [0.4, 0.5) is 10.1 Å². The molecule has 1 saturated heterocycles. The molecule has 1 fully saturated rings. The molecule has 1 aromatic rings. The van der Waals surface area contributed by atoms with E-state index < -0.39 is 0 Å². The molecule has 0 spiro atoms. The van der Waals surface area contributed by atoms with E-state index in [1.807, 2.05) is 0 Å². The van der Waals surface area contributed by atoms with Gasteiger partial charge in [-0.1, -0.05) is 6.07 Å². The molecule has 102 valence electrons. The van der Waals surface area contributed by atoms with Gasteiger partial charge in [-0.25, -0.2) is 4.39 Å². The highest BCUT2D eigenvalue weighted by molar-refractivity contribution is 6.02. The van der Waals surface area contributed by atoms with E-state index >= 15 is 0 Å². The first-order valence-electron chi connectivity index (χ1n) is 6.68. The Morgan fingerprint density at radius 1 is 1.37 bits per heavy atom. The summed E-state index contributed by atoms with van der Waals surface area (Å²) >= 11 is 0. The van der Waals surface area contributed by atoms with Gasteiger partial charge in [0.05, 0.1) is 0 Å². The molecule has 2 heterocycles. The first-order chi connectivity index (χ1) is 9.13. The molecule has 1 unspecified atom stereocenters. The van der Waals surface area contributed by atoms with Gasteiger partial charge < -0.3 is 10.2 Å². The Morgan fingerprint density at radius 3 is 2.84 bits per heavy atom. The molecule has 19 heavy (non-hydrogen) atoms. The average Bonchev–Trinajstić information content (AvgIpc) is 2.68. The highest BCUT2D eigenvalue weighted by atomic mass is 19.1. The van der Waals surface area contributed by atoms with Gasteiger partial charge in [0.15, 0.2) is 0 Å². The number of hydrogen-bond donors (Lipinski definition) is 2. The molecule has 2 aliphatic rings. The van der Waals surface area contributed by atoms with Gasteiger partial charge in [0.25, 0.3) is 0 Å². The van der Waals surface area contributed by atoms with Crippen LogP contribution in [0.2, 0.25) is 0 Å². The fraction of sp³-hybridized carbons (Fsp3) is 0.500. The second kappa shape index (κ2) is 4.90. The van der Waals surface area contributed by atoms with Gasteiger partial charge in [-0.05, 0) is 45.1 Å². The van der Waals surface area contributed by atoms with Gasteiger partial charge in [0.1, 0.15) is 11.9 Å². The number of likely N-dealkylation sites (tertiary alicyclic amines) is 1. The van der Waals surface area contributed by atoms with Gasteiger partial charge in [-0.3, -0.25) is 10.1 Å². The number of piperidine rings is 1. The first-order valence-corrected chi connectivity index (χ1v) is 6.68. The van der Waals surface area contributed by atoms with E-state index in [2.05, 4.69) is 22.6 Å². The van der Waals surface area contributed by atoms with Crippen molar-refractivity contribution in [3.63, 3.8) is 0 Å². The first kappa shape index (κ1) is 12.6. The number of rotatable bonds is 2. The normalized spacial score (nSPS) is 24.3. The van der Waals surface area contributed by atoms with Crippen LogP contribution in [-0.4, -0.2) is 37.0 Å². The fourth-order valence-electron chi connectivity index (χ4n) is 2.81. The van der Waals surface area contributed by atoms with Gasteiger partial charge in [0.2, 0.25) is 5.91 Å². The number of halogens is 1. The third-order valence-electron chi connectivity index (χ3n) is 3.97. The molecular weight excluding hydrogens is 245 g/mol. The highest BCUT2D eigenvalue weighted by Crippen LogP contribution is 2.32. The molecule has 0 aliphatic carbocycles. The van der Waals surface area contributed by atoms with Crippen molar-refractivity contribution in [2.75, 3.05) is 25.5 Å². The maximum absolute atomic E-state index is 13.1. The van der Waals surface area contributed by atoms with Crippen molar-refractivity contribution in [3.05, 3.63) is 29.6 Å². The quantitative estimate of drug-likeness (QED) is 0.850. The number of fused-ring (bicyclic) bond motifs is 1. The summed E-state index contributed by atoms with van der Waals surface area (Å²) in [5, 5.41) is 6.14. The fourth-order valence-corrected chi connectivity index (χ4v) is 2.81. The minimum absolute atomic E-state index is 0.0838. The number of nitrogens with zero attached hydrogens (tertiary/aromatic N) is 1. The lowest BCUT2D eigenvalue weighted by Crippen LogP contribution is -2.43. The molecular formula is C14H18FN3O. The van der Waals surface area contributed by atoms with E-state index in [0.29, 0.717) is 11.7 Å². The number of nitrogens with one attached hydrogen (secondary N) is 2. The summed E-state index contributed by atoms with van der Waals surface area (Å²) < 4.78 is 13.1. The van der Waals surface area contributed by atoms with E-state index in [1.54, 1.807) is 6.07 Å². The summed E-state index contributed by atoms with van der Waals surface area (Å²) in [4.78, 5) is 14.3. The van der Waals surface area contributed by atoms with Crippen molar-refractivity contribution in [2.45, 2.75) is 24.9 Å². The lowest BCUT2D eigenvalue weighted by Gasteiger charge is -2.31. The van der Waals surface area contributed by atoms with Crippen molar-refractivity contribution < 1.29 is 9.18 Å². The molecule has 2 aliphatic heterocycles. The second-order valence-electron chi connectivity index (χ2n) is 5.40. The molecule has 5 heteroatoms. The van der Waals surface area contributed by atoms with Gasteiger partial charge in [0, 0.05) is 17.3 Å². The number of hydrogen-bond acceptors (Lipinski definition) is 3. The summed E-state index contributed by atoms with van der Waals surface area (Å²) in [6, 6.07) is 4.48. The number of carbonyl (C=O) groups excluding carboxylic acids is 1. The predicted molar refractivity (Wildman–Crippen MR) is 71.4 cm³/mol. The zero-order valence-corrected chi connectivity index (χ0v) is 10.9. The summed E-state index contributed by atoms with van der Waals surface area (Å²) in [7, 11) is 2.11. The van der Waals surface area contributed by atoms with Crippen LogP contribution in [0.1, 0.15) is 24.4 Å². The summed E-state index contributed by atoms with van der Waals surface area (Å²) in [6.07, 6.45) is 2.08. The van der Waals surface area contributed by atoms with Crippen LogP contribution in [0, 0.1) is 5.82 Å². The Hall–Kier alpha value is -1.46. The van der Waals surface area contributed by atoms with Crippen molar-refractivity contribution in [2.24, 2.45) is 0 Å². The van der Waals surface area contributed by atoms with Crippen LogP contribution in [0.5, 0.6) is 0 Å². The Morgan fingerprint density at radius 2 is 2.11 bits per heavy atom. The third-order valence-corrected chi connectivity index (χ3v) is 3.97. The lowest BCUT2D eigenvalue weighted by atomic mass is 10.0. The molecule has 2 N–H and O–H groups in total. The average molecular weight is 263 g/mol. The van der Waals surface area contributed by atoms with Crippen molar-refractivity contribution in [1.29, 1.82) is 0 Å². The summed E-state index contributed by atoms with van der Waals surface area (Å²) in [5.41, 5.74) is 1.45. The monoisotopic (exact) mass is 263 g/mol. The van der Waals surface area contributed by atoms with Crippen LogP contribution in [0.3, 0.4) is 0 Å². The topological polar surface area (TPSA) is 44.4 Å². The Balaban J connectivity index is 1.73. The molecule has 0 bridgehead atoms. The summed E-state index contributed by atoms with van der Waals surface area (Å²) in [6.45, 7) is 2.09. The predicted octanol–water partition coefficient (Wildman–Crippen LogP) is 1.50. The minimum Gasteiger partial charge on any atom is -0.324 e. The third kappa shape index (κ3) is 2.48. The van der Waals surface area contributed by atoms with Crippen LogP contribution in [0.15, 0.2) is 18.2 Å². The number of amides is 1. The zero-order chi connectivity index (χ0) is 13.4. The number of carbonyl (C=O) groups is 1. The lowest BCUT2D eigenvalue weighted by molar-refractivity contribution is -0.118. The van der Waals surface area contributed by atoms with E-state index in [1.165, 1.54) is 12.1 Å². The SMILES string of the molecule is CN1CCC(NC2C(=O)Nc3cc(F)ccc32)CC1. The molecule has 0 saturated carbocycles. The van der Waals surface area contributed by atoms with E-state index in [0.717, 1.165) is 31.5 Å². The van der Waals surface area contributed by atoms with Crippen LogP contribution in [-0.2, 0) is 4.79 Å². The van der Waals surface area contributed by atoms with Crippen molar-refractivity contribution in [1.82, 2.24) is 10.2 Å². The van der Waals surface area contributed by atoms with Gasteiger partial charge >= 0.3 is 0 Å². The van der Waals surface area contributed by atoms with Crippen molar-refractivity contribution >= 4 is 11.6 Å². The maximum atomic E-state index is 13.1. The Labute approximate surface area is 112 Å². The van der Waals surface area contributed by atoms with E-state index in [9.17, 15) is 9.18 Å².